The average molecular weight is 388 g/mol. The molecule has 0 unspecified atom stereocenters. The zero-order valence-corrected chi connectivity index (χ0v) is 16.1. The van der Waals surface area contributed by atoms with Crippen LogP contribution in [-0.4, -0.2) is 29.5 Å². The Morgan fingerprint density at radius 3 is 2.81 bits per heavy atom. The lowest BCUT2D eigenvalue weighted by Crippen LogP contribution is -2.08. The van der Waals surface area contributed by atoms with E-state index in [4.69, 9.17) is 4.74 Å². The molecule has 2 heterocycles. The number of rotatable bonds is 8. The Morgan fingerprint density at radius 2 is 2.11 bits per heavy atom. The molecule has 27 heavy (non-hydrogen) atoms. The zero-order chi connectivity index (χ0) is 19.4. The molecule has 10 heteroatoms. The molecule has 0 aliphatic heterocycles. The van der Waals surface area contributed by atoms with E-state index in [0.29, 0.717) is 19.0 Å². The van der Waals surface area contributed by atoms with Gasteiger partial charge in [0.1, 0.15) is 24.8 Å². The Kier molecular flexibility index (Phi) is 5.75. The molecule has 0 atom stereocenters. The number of ether oxygens (including phenoxy) is 1. The zero-order valence-electron chi connectivity index (χ0n) is 15.3. The number of hydrogen-bond acceptors (Lipinski definition) is 7. The second-order valence-corrected chi connectivity index (χ2v) is 6.81. The summed E-state index contributed by atoms with van der Waals surface area (Å²) in [5.74, 6) is 1.97. The number of aryl methyl sites for hydroxylation is 1. The van der Waals surface area contributed by atoms with E-state index in [2.05, 4.69) is 15.3 Å². The van der Waals surface area contributed by atoms with E-state index in [1.807, 2.05) is 43.5 Å². The van der Waals surface area contributed by atoms with Crippen molar-refractivity contribution in [3.8, 4) is 5.75 Å². The molecule has 0 spiro atoms. The first-order valence-electron chi connectivity index (χ1n) is 8.40. The minimum Gasteiger partial charge on any atom is -0.485 e. The van der Waals surface area contributed by atoms with E-state index in [9.17, 15) is 10.1 Å². The van der Waals surface area contributed by atoms with Gasteiger partial charge in [-0.2, -0.15) is 5.10 Å². The first-order chi connectivity index (χ1) is 13.0. The van der Waals surface area contributed by atoms with Crippen LogP contribution in [-0.2, 0) is 19.0 Å². The van der Waals surface area contributed by atoms with Crippen LogP contribution >= 0.6 is 11.8 Å². The van der Waals surface area contributed by atoms with E-state index in [-0.39, 0.29) is 5.69 Å². The van der Waals surface area contributed by atoms with Crippen LogP contribution in [0.4, 0.5) is 5.69 Å². The summed E-state index contributed by atoms with van der Waals surface area (Å²) in [5, 5.41) is 23.9. The van der Waals surface area contributed by atoms with Gasteiger partial charge in [0.2, 0.25) is 0 Å². The largest absolute Gasteiger partial charge is 0.485 e. The minimum atomic E-state index is -0.467. The molecule has 0 amide bonds. The maximum atomic E-state index is 10.7. The summed E-state index contributed by atoms with van der Waals surface area (Å²) in [7, 11) is 0. The molecule has 0 saturated carbocycles. The number of thioether (sulfide) groups is 1. The fraction of sp³-hybridized carbons (Fsp3) is 0.353. The predicted molar refractivity (Wildman–Crippen MR) is 101 cm³/mol. The van der Waals surface area contributed by atoms with Crippen molar-refractivity contribution in [3.05, 3.63) is 57.7 Å². The lowest BCUT2D eigenvalue weighted by Gasteiger charge is -2.11. The molecule has 1 aromatic carbocycles. The predicted octanol–water partition coefficient (Wildman–Crippen LogP) is 3.35. The third kappa shape index (κ3) is 4.27. The van der Waals surface area contributed by atoms with Crippen LogP contribution in [0.1, 0.15) is 23.9 Å². The summed E-state index contributed by atoms with van der Waals surface area (Å²) in [5.41, 5.74) is 2.25. The molecule has 0 fully saturated rings. The molecular weight excluding hydrogens is 368 g/mol. The van der Waals surface area contributed by atoms with Crippen molar-refractivity contribution >= 4 is 17.4 Å². The fourth-order valence-electron chi connectivity index (χ4n) is 2.51. The number of aromatic nitrogens is 5. The number of hydrogen-bond donors (Lipinski definition) is 0. The van der Waals surface area contributed by atoms with Gasteiger partial charge in [0.15, 0.2) is 11.0 Å². The van der Waals surface area contributed by atoms with Gasteiger partial charge in [-0.25, -0.2) is 0 Å². The molecule has 0 aliphatic carbocycles. The van der Waals surface area contributed by atoms with Crippen LogP contribution in [0, 0.1) is 24.0 Å². The van der Waals surface area contributed by atoms with Gasteiger partial charge in [-0.3, -0.25) is 14.8 Å². The van der Waals surface area contributed by atoms with Gasteiger partial charge in [-0.05, 0) is 38.0 Å². The van der Waals surface area contributed by atoms with Crippen molar-refractivity contribution in [2.45, 2.75) is 45.0 Å². The Hall–Kier alpha value is -2.88. The summed E-state index contributed by atoms with van der Waals surface area (Å²) in [4.78, 5) is 10.3. The van der Waals surface area contributed by atoms with Gasteiger partial charge in [-0.15, -0.1) is 10.2 Å². The number of benzene rings is 1. The van der Waals surface area contributed by atoms with E-state index in [1.54, 1.807) is 0 Å². The molecule has 3 aromatic rings. The van der Waals surface area contributed by atoms with Crippen LogP contribution in [0.15, 0.2) is 35.7 Å². The number of nitrogens with zero attached hydrogens (tertiary/aromatic N) is 6. The molecule has 0 N–H and O–H groups in total. The Balaban J connectivity index is 1.67. The normalized spacial score (nSPS) is 10.9. The highest BCUT2D eigenvalue weighted by Crippen LogP contribution is 2.23. The Morgan fingerprint density at radius 1 is 1.30 bits per heavy atom. The van der Waals surface area contributed by atoms with Crippen LogP contribution in [0.3, 0.4) is 0 Å². The molecule has 9 nitrogen and oxygen atoms in total. The van der Waals surface area contributed by atoms with Gasteiger partial charge < -0.3 is 9.30 Å². The summed E-state index contributed by atoms with van der Waals surface area (Å²) in [6.45, 7) is 7.09. The quantitative estimate of drug-likeness (QED) is 0.331. The third-order valence-corrected chi connectivity index (χ3v) is 5.13. The summed E-state index contributed by atoms with van der Waals surface area (Å²) < 4.78 is 9.40. The molecular formula is C17H20N6O3S. The monoisotopic (exact) mass is 388 g/mol. The van der Waals surface area contributed by atoms with Gasteiger partial charge in [0.25, 0.3) is 0 Å². The van der Waals surface area contributed by atoms with Crippen LogP contribution in [0.25, 0.3) is 0 Å². The lowest BCUT2D eigenvalue weighted by molar-refractivity contribution is -0.385. The van der Waals surface area contributed by atoms with Crippen molar-refractivity contribution < 1.29 is 9.66 Å². The summed E-state index contributed by atoms with van der Waals surface area (Å²) >= 11 is 1.41. The fourth-order valence-corrected chi connectivity index (χ4v) is 3.39. The molecule has 3 rings (SSSR count). The van der Waals surface area contributed by atoms with Crippen molar-refractivity contribution in [3.63, 3.8) is 0 Å². The lowest BCUT2D eigenvalue weighted by atomic mass is 10.1. The third-order valence-electron chi connectivity index (χ3n) is 4.18. The van der Waals surface area contributed by atoms with E-state index >= 15 is 0 Å². The van der Waals surface area contributed by atoms with Crippen LogP contribution in [0.2, 0.25) is 0 Å². The van der Waals surface area contributed by atoms with Crippen LogP contribution in [0.5, 0.6) is 5.75 Å². The molecule has 0 bridgehead atoms. The summed E-state index contributed by atoms with van der Waals surface area (Å²) in [6.07, 6.45) is 2.62. The molecule has 142 valence electrons. The highest BCUT2D eigenvalue weighted by Gasteiger charge is 2.14. The van der Waals surface area contributed by atoms with E-state index in [1.165, 1.54) is 34.4 Å². The highest BCUT2D eigenvalue weighted by atomic mass is 32.2. The topological polar surface area (TPSA) is 101 Å². The highest BCUT2D eigenvalue weighted by molar-refractivity contribution is 7.98. The van der Waals surface area contributed by atoms with Gasteiger partial charge in [-0.1, -0.05) is 23.9 Å². The maximum absolute atomic E-state index is 10.7. The average Bonchev–Trinajstić information content (AvgIpc) is 3.27. The standard InChI is InChI=1S/C17H20N6O3S/c1-4-22-16(10-26-15-7-5-6-12(2)13(15)3)19-20-17(22)27-11-21-9-14(8-18-21)23(24)25/h5-9H,4,10-11H2,1-3H3. The first kappa shape index (κ1) is 18.9. The smallest absolute Gasteiger partial charge is 0.307 e. The van der Waals surface area contributed by atoms with Crippen molar-refractivity contribution in [1.29, 1.82) is 0 Å². The van der Waals surface area contributed by atoms with E-state index < -0.39 is 4.92 Å². The van der Waals surface area contributed by atoms with E-state index in [0.717, 1.165) is 22.3 Å². The van der Waals surface area contributed by atoms with Gasteiger partial charge in [0, 0.05) is 6.54 Å². The minimum absolute atomic E-state index is 0.0322. The Labute approximate surface area is 160 Å². The maximum Gasteiger partial charge on any atom is 0.307 e. The summed E-state index contributed by atoms with van der Waals surface area (Å²) in [6, 6.07) is 5.95. The van der Waals surface area contributed by atoms with Gasteiger partial charge in [0.05, 0.1) is 10.8 Å². The molecule has 0 radical (unpaired) electrons. The van der Waals surface area contributed by atoms with Crippen LogP contribution < -0.4 is 4.74 Å². The second-order valence-electron chi connectivity index (χ2n) is 5.90. The Bertz CT molecular complexity index is 952. The molecule has 2 aromatic heterocycles. The van der Waals surface area contributed by atoms with Crippen molar-refractivity contribution in [2.24, 2.45) is 0 Å². The van der Waals surface area contributed by atoms with Crippen molar-refractivity contribution in [2.75, 3.05) is 0 Å². The number of nitro groups is 1. The molecule has 0 saturated heterocycles. The van der Waals surface area contributed by atoms with Gasteiger partial charge >= 0.3 is 5.69 Å². The first-order valence-corrected chi connectivity index (χ1v) is 9.39. The second kappa shape index (κ2) is 8.21. The van der Waals surface area contributed by atoms with Crippen molar-refractivity contribution in [1.82, 2.24) is 24.5 Å². The SMILES string of the molecule is CCn1c(COc2cccc(C)c2C)nnc1SCn1cc([N+](=O)[O-])cn1. The molecule has 0 aliphatic rings.